The van der Waals surface area contributed by atoms with Crippen molar-refractivity contribution in [2.45, 2.75) is 33.2 Å². The summed E-state index contributed by atoms with van der Waals surface area (Å²) in [5.74, 6) is 1.18. The van der Waals surface area contributed by atoms with Gasteiger partial charge in [-0.2, -0.15) is 0 Å². The Morgan fingerprint density at radius 1 is 1.25 bits per heavy atom. The molecule has 112 valence electrons. The van der Waals surface area contributed by atoms with Crippen LogP contribution in [0.15, 0.2) is 12.1 Å². The monoisotopic (exact) mass is 280 g/mol. The molecule has 0 aliphatic carbocycles. The highest BCUT2D eigenvalue weighted by Gasteiger charge is 2.19. The quantitative estimate of drug-likeness (QED) is 0.785. The molecule has 3 N–H and O–H groups in total. The molecule has 0 radical (unpaired) electrons. The second-order valence-corrected chi connectivity index (χ2v) is 5.03. The molecule has 20 heavy (non-hydrogen) atoms. The molecule has 1 atom stereocenters. The van der Waals surface area contributed by atoms with E-state index < -0.39 is 0 Å². The van der Waals surface area contributed by atoms with Crippen LogP contribution in [0.5, 0.6) is 11.5 Å². The molecule has 5 nitrogen and oxygen atoms in total. The lowest BCUT2D eigenvalue weighted by atomic mass is 10.0. The molecule has 0 aliphatic rings. The number of nitrogen functional groups attached to an aromatic ring is 1. The first kappa shape index (κ1) is 16.1. The minimum atomic E-state index is -0.191. The second-order valence-electron chi connectivity index (χ2n) is 5.03. The fourth-order valence-electron chi connectivity index (χ4n) is 2.08. The lowest BCUT2D eigenvalue weighted by molar-refractivity contribution is 0.0925. The van der Waals surface area contributed by atoms with E-state index in [0.717, 1.165) is 6.42 Å². The molecule has 1 rings (SSSR count). The third kappa shape index (κ3) is 3.56. The molecular weight excluding hydrogens is 256 g/mol. The fourth-order valence-corrected chi connectivity index (χ4v) is 2.08. The summed E-state index contributed by atoms with van der Waals surface area (Å²) in [5.41, 5.74) is 6.70. The summed E-state index contributed by atoms with van der Waals surface area (Å²) in [6, 6.07) is 3.33. The summed E-state index contributed by atoms with van der Waals surface area (Å²) in [6.07, 6.45) is 0.872. The van der Waals surface area contributed by atoms with Crippen LogP contribution in [0.1, 0.15) is 37.6 Å². The molecule has 5 heteroatoms. The first-order chi connectivity index (χ1) is 9.44. The van der Waals surface area contributed by atoms with E-state index in [1.807, 2.05) is 6.92 Å². The molecule has 0 fully saturated rings. The van der Waals surface area contributed by atoms with Gasteiger partial charge in [0.1, 0.15) is 0 Å². The van der Waals surface area contributed by atoms with Crippen molar-refractivity contribution in [1.29, 1.82) is 0 Å². The van der Waals surface area contributed by atoms with Gasteiger partial charge >= 0.3 is 0 Å². The molecule has 1 unspecified atom stereocenters. The Balaban J connectivity index is 3.04. The zero-order valence-electron chi connectivity index (χ0n) is 12.8. The van der Waals surface area contributed by atoms with E-state index in [1.54, 1.807) is 12.1 Å². The van der Waals surface area contributed by atoms with Gasteiger partial charge in [0.25, 0.3) is 5.91 Å². The van der Waals surface area contributed by atoms with E-state index in [4.69, 9.17) is 15.2 Å². The van der Waals surface area contributed by atoms with E-state index in [9.17, 15) is 4.79 Å². The molecule has 1 aromatic carbocycles. The van der Waals surface area contributed by atoms with Crippen LogP contribution in [0.25, 0.3) is 0 Å². The summed E-state index contributed by atoms with van der Waals surface area (Å²) in [5, 5.41) is 3.00. The van der Waals surface area contributed by atoms with Crippen molar-refractivity contribution < 1.29 is 14.3 Å². The number of nitrogens with one attached hydrogen (secondary N) is 1. The minimum Gasteiger partial charge on any atom is -0.493 e. The van der Waals surface area contributed by atoms with Crippen molar-refractivity contribution in [2.75, 3.05) is 20.0 Å². The van der Waals surface area contributed by atoms with Gasteiger partial charge in [0.2, 0.25) is 0 Å². The van der Waals surface area contributed by atoms with Crippen LogP contribution in [-0.4, -0.2) is 26.2 Å². The van der Waals surface area contributed by atoms with Gasteiger partial charge in [-0.25, -0.2) is 0 Å². The average Bonchev–Trinajstić information content (AvgIpc) is 2.43. The summed E-state index contributed by atoms with van der Waals surface area (Å²) in [7, 11) is 3.06. The first-order valence-corrected chi connectivity index (χ1v) is 6.76. The fraction of sp³-hybridized carbons (Fsp3) is 0.533. The number of hydrogen-bond donors (Lipinski definition) is 2. The van der Waals surface area contributed by atoms with Gasteiger partial charge in [0, 0.05) is 17.8 Å². The van der Waals surface area contributed by atoms with Crippen molar-refractivity contribution in [3.8, 4) is 11.5 Å². The maximum Gasteiger partial charge on any atom is 0.253 e. The second kappa shape index (κ2) is 7.03. The lowest BCUT2D eigenvalue weighted by Crippen LogP contribution is -2.38. The lowest BCUT2D eigenvalue weighted by Gasteiger charge is -2.21. The highest BCUT2D eigenvalue weighted by atomic mass is 16.5. The number of carbonyl (C=O) groups is 1. The standard InChI is InChI=1S/C15H24N2O3/c1-6-12(9(2)3)17-15(18)10-7-13(19-4)14(20-5)8-11(10)16/h7-9,12H,6,16H2,1-5H3,(H,17,18). The number of methoxy groups -OCH3 is 2. The molecule has 0 saturated heterocycles. The number of ether oxygens (including phenoxy) is 2. The van der Waals surface area contributed by atoms with Crippen molar-refractivity contribution >= 4 is 11.6 Å². The van der Waals surface area contributed by atoms with Crippen LogP contribution in [0, 0.1) is 5.92 Å². The summed E-state index contributed by atoms with van der Waals surface area (Å²) >= 11 is 0. The van der Waals surface area contributed by atoms with Gasteiger partial charge in [0.15, 0.2) is 11.5 Å². The molecule has 0 saturated carbocycles. The van der Waals surface area contributed by atoms with Crippen molar-refractivity contribution in [1.82, 2.24) is 5.32 Å². The Hall–Kier alpha value is -1.91. The predicted octanol–water partition coefficient (Wildman–Crippen LogP) is 2.45. The largest absolute Gasteiger partial charge is 0.493 e. The average molecular weight is 280 g/mol. The van der Waals surface area contributed by atoms with E-state index in [1.165, 1.54) is 14.2 Å². The zero-order chi connectivity index (χ0) is 15.3. The topological polar surface area (TPSA) is 73.6 Å². The van der Waals surface area contributed by atoms with Crippen molar-refractivity contribution in [3.63, 3.8) is 0 Å². The summed E-state index contributed by atoms with van der Waals surface area (Å²) in [6.45, 7) is 6.20. The summed E-state index contributed by atoms with van der Waals surface area (Å²) < 4.78 is 10.4. The van der Waals surface area contributed by atoms with Crippen LogP contribution in [0.2, 0.25) is 0 Å². The third-order valence-corrected chi connectivity index (χ3v) is 3.36. The predicted molar refractivity (Wildman–Crippen MR) is 80.3 cm³/mol. The number of amides is 1. The molecule has 0 aromatic heterocycles. The van der Waals surface area contributed by atoms with E-state index in [2.05, 4.69) is 19.2 Å². The first-order valence-electron chi connectivity index (χ1n) is 6.76. The van der Waals surface area contributed by atoms with Gasteiger partial charge in [-0.3, -0.25) is 4.79 Å². The Kier molecular flexibility index (Phi) is 5.67. The molecule has 0 spiro atoms. The van der Waals surface area contributed by atoms with Crippen LogP contribution in [-0.2, 0) is 0 Å². The number of carbonyl (C=O) groups excluding carboxylic acids is 1. The Bertz CT molecular complexity index is 472. The van der Waals surface area contributed by atoms with Gasteiger partial charge in [-0.15, -0.1) is 0 Å². The third-order valence-electron chi connectivity index (χ3n) is 3.36. The van der Waals surface area contributed by atoms with Crippen LogP contribution >= 0.6 is 0 Å². The molecular formula is C15H24N2O3. The van der Waals surface area contributed by atoms with E-state index >= 15 is 0 Å². The van der Waals surface area contributed by atoms with Crippen molar-refractivity contribution in [3.05, 3.63) is 17.7 Å². The van der Waals surface area contributed by atoms with Gasteiger partial charge in [-0.05, 0) is 18.4 Å². The highest BCUT2D eigenvalue weighted by molar-refractivity contribution is 6.00. The number of hydrogen-bond acceptors (Lipinski definition) is 4. The smallest absolute Gasteiger partial charge is 0.253 e. The highest BCUT2D eigenvalue weighted by Crippen LogP contribution is 2.31. The van der Waals surface area contributed by atoms with Crippen LogP contribution < -0.4 is 20.5 Å². The van der Waals surface area contributed by atoms with Gasteiger partial charge < -0.3 is 20.5 Å². The Labute approximate surface area is 120 Å². The van der Waals surface area contributed by atoms with E-state index in [0.29, 0.717) is 28.7 Å². The SMILES string of the molecule is CCC(NC(=O)c1cc(OC)c(OC)cc1N)C(C)C. The number of nitrogens with two attached hydrogens (primary N) is 1. The molecule has 0 aliphatic heterocycles. The number of benzene rings is 1. The number of anilines is 1. The zero-order valence-corrected chi connectivity index (χ0v) is 12.8. The molecule has 0 heterocycles. The maximum atomic E-state index is 12.3. The number of rotatable bonds is 6. The van der Waals surface area contributed by atoms with E-state index in [-0.39, 0.29) is 11.9 Å². The van der Waals surface area contributed by atoms with Gasteiger partial charge in [-0.1, -0.05) is 20.8 Å². The molecule has 1 amide bonds. The maximum absolute atomic E-state index is 12.3. The van der Waals surface area contributed by atoms with Crippen LogP contribution in [0.3, 0.4) is 0 Å². The molecule has 0 bridgehead atoms. The Morgan fingerprint density at radius 3 is 2.25 bits per heavy atom. The van der Waals surface area contributed by atoms with Gasteiger partial charge in [0.05, 0.1) is 19.8 Å². The molecule has 1 aromatic rings. The van der Waals surface area contributed by atoms with Crippen molar-refractivity contribution in [2.24, 2.45) is 5.92 Å². The minimum absolute atomic E-state index is 0.120. The van der Waals surface area contributed by atoms with Crippen LogP contribution in [0.4, 0.5) is 5.69 Å². The normalized spacial score (nSPS) is 12.1. The Morgan fingerprint density at radius 2 is 1.80 bits per heavy atom. The summed E-state index contributed by atoms with van der Waals surface area (Å²) in [4.78, 5) is 12.3.